The van der Waals surface area contributed by atoms with Gasteiger partial charge in [0.2, 0.25) is 0 Å². The van der Waals surface area contributed by atoms with Gasteiger partial charge < -0.3 is 19.7 Å². The Hall–Kier alpha value is -3.11. The van der Waals surface area contributed by atoms with Crippen molar-refractivity contribution < 1.29 is 19.4 Å². The number of hydrogen-bond acceptors (Lipinski definition) is 5. The van der Waals surface area contributed by atoms with Crippen molar-refractivity contribution in [2.75, 3.05) is 18.1 Å². The summed E-state index contributed by atoms with van der Waals surface area (Å²) in [7, 11) is 0. The van der Waals surface area contributed by atoms with Gasteiger partial charge in [-0.15, -0.1) is 0 Å². The number of benzene rings is 1. The molecular formula is C21H25N3O4. The van der Waals surface area contributed by atoms with E-state index in [0.29, 0.717) is 22.5 Å². The number of nitrogens with zero attached hydrogens (tertiary/aromatic N) is 2. The third kappa shape index (κ3) is 4.78. The Morgan fingerprint density at radius 3 is 2.43 bits per heavy atom. The second kappa shape index (κ2) is 9.20. The lowest BCUT2D eigenvalue weighted by atomic mass is 10.1. The normalized spacial score (nSPS) is 11.6. The average Bonchev–Trinajstić information content (AvgIpc) is 2.95. The quantitative estimate of drug-likeness (QED) is 0.715. The van der Waals surface area contributed by atoms with E-state index in [9.17, 15) is 14.7 Å². The van der Waals surface area contributed by atoms with E-state index >= 15 is 0 Å². The molecule has 148 valence electrons. The standard InChI is InChI=1S/C21H25N3O4/c1-13-6-8-17(9-7-13)24(11-5-10-22)18(26)12-28-21(27)20-14(2)19(16(4)25)15(3)23-20/h6-9,16,23,25H,5,11-12H2,1-4H3/t16-/m0/s1. The van der Waals surface area contributed by atoms with Crippen LogP contribution in [0.15, 0.2) is 24.3 Å². The lowest BCUT2D eigenvalue weighted by Crippen LogP contribution is -2.35. The summed E-state index contributed by atoms with van der Waals surface area (Å²) in [6.07, 6.45) is -0.553. The molecule has 1 aromatic heterocycles. The maximum absolute atomic E-state index is 12.6. The highest BCUT2D eigenvalue weighted by Gasteiger charge is 2.23. The first kappa shape index (κ1) is 21.2. The number of carbonyl (C=O) groups excluding carboxylic acids is 2. The van der Waals surface area contributed by atoms with Gasteiger partial charge >= 0.3 is 5.97 Å². The van der Waals surface area contributed by atoms with E-state index in [2.05, 4.69) is 4.98 Å². The summed E-state index contributed by atoms with van der Waals surface area (Å²) in [6, 6.07) is 9.35. The Balaban J connectivity index is 2.12. The van der Waals surface area contributed by atoms with Crippen LogP contribution < -0.4 is 4.90 Å². The first-order valence-electron chi connectivity index (χ1n) is 9.04. The van der Waals surface area contributed by atoms with Crippen LogP contribution in [0.3, 0.4) is 0 Å². The molecule has 0 aliphatic rings. The fraction of sp³-hybridized carbons (Fsp3) is 0.381. The number of amides is 1. The van der Waals surface area contributed by atoms with E-state index in [1.807, 2.05) is 25.1 Å². The van der Waals surface area contributed by atoms with Crippen molar-refractivity contribution in [3.8, 4) is 6.07 Å². The average molecular weight is 383 g/mol. The van der Waals surface area contributed by atoms with E-state index in [0.717, 1.165) is 5.56 Å². The Kier molecular flexibility index (Phi) is 6.96. The third-order valence-electron chi connectivity index (χ3n) is 4.54. The van der Waals surface area contributed by atoms with Crippen LogP contribution in [0.5, 0.6) is 0 Å². The molecule has 2 N–H and O–H groups in total. The van der Waals surface area contributed by atoms with Crippen molar-refractivity contribution in [1.82, 2.24) is 4.98 Å². The molecule has 0 bridgehead atoms. The van der Waals surface area contributed by atoms with Gasteiger partial charge in [0.15, 0.2) is 6.61 Å². The molecule has 2 aromatic rings. The number of hydrogen-bond donors (Lipinski definition) is 2. The van der Waals surface area contributed by atoms with Gasteiger partial charge in [-0.3, -0.25) is 4.79 Å². The van der Waals surface area contributed by atoms with Crippen LogP contribution in [-0.4, -0.2) is 35.1 Å². The summed E-state index contributed by atoms with van der Waals surface area (Å²) in [4.78, 5) is 29.4. The first-order valence-corrected chi connectivity index (χ1v) is 9.04. The van der Waals surface area contributed by atoms with Crippen LogP contribution in [0.25, 0.3) is 0 Å². The zero-order chi connectivity index (χ0) is 20.8. The number of nitriles is 1. The molecule has 2 rings (SSSR count). The predicted molar refractivity (Wildman–Crippen MR) is 105 cm³/mol. The molecule has 1 heterocycles. The highest BCUT2D eigenvalue weighted by atomic mass is 16.5. The van der Waals surface area contributed by atoms with Crippen molar-refractivity contribution in [3.05, 3.63) is 52.3 Å². The van der Waals surface area contributed by atoms with Crippen LogP contribution in [-0.2, 0) is 9.53 Å². The fourth-order valence-electron chi connectivity index (χ4n) is 3.16. The Labute approximate surface area is 164 Å². The van der Waals surface area contributed by atoms with Gasteiger partial charge in [-0.25, -0.2) is 4.79 Å². The number of H-pyrrole nitrogens is 1. The molecule has 1 amide bonds. The summed E-state index contributed by atoms with van der Waals surface area (Å²) < 4.78 is 5.20. The predicted octanol–water partition coefficient (Wildman–Crippen LogP) is 3.10. The molecular weight excluding hydrogens is 358 g/mol. The van der Waals surface area contributed by atoms with E-state index in [4.69, 9.17) is 10.00 Å². The molecule has 0 radical (unpaired) electrons. The maximum atomic E-state index is 12.6. The van der Waals surface area contributed by atoms with Crippen LogP contribution in [0.1, 0.15) is 52.3 Å². The fourth-order valence-corrected chi connectivity index (χ4v) is 3.16. The zero-order valence-corrected chi connectivity index (χ0v) is 16.6. The maximum Gasteiger partial charge on any atom is 0.355 e. The van der Waals surface area contributed by atoms with E-state index in [1.54, 1.807) is 32.9 Å². The first-order chi connectivity index (χ1) is 13.3. The molecule has 0 aliphatic carbocycles. The lowest BCUT2D eigenvalue weighted by molar-refractivity contribution is -0.121. The van der Waals surface area contributed by atoms with E-state index in [-0.39, 0.29) is 18.7 Å². The number of aliphatic hydroxyl groups excluding tert-OH is 1. The van der Waals surface area contributed by atoms with Gasteiger partial charge in [0, 0.05) is 23.5 Å². The van der Waals surface area contributed by atoms with Crippen molar-refractivity contribution in [3.63, 3.8) is 0 Å². The van der Waals surface area contributed by atoms with Crippen molar-refractivity contribution in [2.45, 2.75) is 40.2 Å². The number of aromatic amines is 1. The molecule has 0 saturated carbocycles. The molecule has 7 nitrogen and oxygen atoms in total. The number of ether oxygens (including phenoxy) is 1. The van der Waals surface area contributed by atoms with Crippen molar-refractivity contribution in [2.24, 2.45) is 0 Å². The van der Waals surface area contributed by atoms with Crippen LogP contribution in [0.2, 0.25) is 0 Å². The number of anilines is 1. The number of nitrogens with one attached hydrogen (secondary N) is 1. The minimum absolute atomic E-state index is 0.167. The number of aliphatic hydroxyl groups is 1. The van der Waals surface area contributed by atoms with Gasteiger partial charge in [0.05, 0.1) is 18.6 Å². The monoisotopic (exact) mass is 383 g/mol. The molecule has 0 saturated heterocycles. The molecule has 7 heteroatoms. The number of aromatic nitrogens is 1. The molecule has 0 unspecified atom stereocenters. The van der Waals surface area contributed by atoms with Gasteiger partial charge in [-0.2, -0.15) is 5.26 Å². The largest absolute Gasteiger partial charge is 0.451 e. The second-order valence-corrected chi connectivity index (χ2v) is 6.70. The Morgan fingerprint density at radius 2 is 1.89 bits per heavy atom. The topological polar surface area (TPSA) is 106 Å². The van der Waals surface area contributed by atoms with Gasteiger partial charge in [-0.05, 0) is 45.4 Å². The summed E-state index contributed by atoms with van der Waals surface area (Å²) >= 11 is 0. The van der Waals surface area contributed by atoms with Gasteiger partial charge in [0.1, 0.15) is 5.69 Å². The van der Waals surface area contributed by atoms with Gasteiger partial charge in [-0.1, -0.05) is 17.7 Å². The molecule has 1 atom stereocenters. The molecule has 1 aromatic carbocycles. The van der Waals surface area contributed by atoms with E-state index < -0.39 is 24.6 Å². The van der Waals surface area contributed by atoms with Crippen LogP contribution in [0.4, 0.5) is 5.69 Å². The van der Waals surface area contributed by atoms with Crippen LogP contribution >= 0.6 is 0 Å². The minimum atomic E-state index is -0.720. The molecule has 0 spiro atoms. The highest BCUT2D eigenvalue weighted by Crippen LogP contribution is 2.25. The van der Waals surface area contributed by atoms with E-state index in [1.165, 1.54) is 4.90 Å². The Bertz CT molecular complexity index is 892. The third-order valence-corrected chi connectivity index (χ3v) is 4.54. The summed E-state index contributed by atoms with van der Waals surface area (Å²) in [5.74, 6) is -1.07. The zero-order valence-electron chi connectivity index (χ0n) is 16.6. The number of rotatable bonds is 7. The SMILES string of the molecule is Cc1ccc(N(CCC#N)C(=O)COC(=O)c2[nH]c(C)c([C@H](C)O)c2C)cc1. The summed E-state index contributed by atoms with van der Waals surface area (Å²) in [6.45, 7) is 6.81. The smallest absolute Gasteiger partial charge is 0.355 e. The summed E-state index contributed by atoms with van der Waals surface area (Å²) in [5.41, 5.74) is 3.85. The second-order valence-electron chi connectivity index (χ2n) is 6.70. The molecule has 0 fully saturated rings. The highest BCUT2D eigenvalue weighted by molar-refractivity contribution is 5.97. The number of esters is 1. The molecule has 0 aliphatic heterocycles. The van der Waals surface area contributed by atoms with Crippen molar-refractivity contribution >= 4 is 17.6 Å². The Morgan fingerprint density at radius 1 is 1.25 bits per heavy atom. The number of aryl methyl sites for hydroxylation is 2. The van der Waals surface area contributed by atoms with Crippen molar-refractivity contribution in [1.29, 1.82) is 5.26 Å². The minimum Gasteiger partial charge on any atom is -0.451 e. The summed E-state index contributed by atoms with van der Waals surface area (Å²) in [5, 5.41) is 18.7. The van der Waals surface area contributed by atoms with Crippen LogP contribution in [0, 0.1) is 32.1 Å². The molecule has 28 heavy (non-hydrogen) atoms. The van der Waals surface area contributed by atoms with Gasteiger partial charge in [0.25, 0.3) is 5.91 Å². The lowest BCUT2D eigenvalue weighted by Gasteiger charge is -2.21. The number of carbonyl (C=O) groups is 2.